The number of nitrogens with one attached hydrogen (secondary N) is 1. The number of carbonyl (C=O) groups excluding carboxylic acids is 1. The molecule has 26 heavy (non-hydrogen) atoms. The third-order valence-corrected chi connectivity index (χ3v) is 3.86. The highest BCUT2D eigenvalue weighted by molar-refractivity contribution is 5.92. The Labute approximate surface area is 152 Å². The lowest BCUT2D eigenvalue weighted by Gasteiger charge is -2.12. The molecule has 3 aromatic rings. The van der Waals surface area contributed by atoms with Crippen LogP contribution in [0.25, 0.3) is 0 Å². The number of carbonyl (C=O) groups is 1. The van der Waals surface area contributed by atoms with Crippen LogP contribution < -0.4 is 10.1 Å². The second-order valence-electron chi connectivity index (χ2n) is 5.80. The Kier molecular flexibility index (Phi) is 5.64. The Morgan fingerprint density at radius 2 is 1.73 bits per heavy atom. The molecule has 0 aliphatic heterocycles. The number of para-hydroxylation sites is 1. The molecule has 128 valence electrons. The molecule has 0 aliphatic rings. The van der Waals surface area contributed by atoms with E-state index in [4.69, 9.17) is 10.00 Å². The van der Waals surface area contributed by atoms with Crippen molar-refractivity contribution in [2.24, 2.45) is 0 Å². The molecule has 0 unspecified atom stereocenters. The lowest BCUT2D eigenvalue weighted by molar-refractivity contribution is -0.118. The van der Waals surface area contributed by atoms with E-state index in [1.165, 1.54) is 5.56 Å². The maximum atomic E-state index is 12.2. The van der Waals surface area contributed by atoms with Crippen molar-refractivity contribution in [1.82, 2.24) is 0 Å². The first-order valence-corrected chi connectivity index (χ1v) is 8.29. The first-order chi connectivity index (χ1) is 12.7. The van der Waals surface area contributed by atoms with Gasteiger partial charge in [0.05, 0.1) is 11.6 Å². The topological polar surface area (TPSA) is 62.1 Å². The summed E-state index contributed by atoms with van der Waals surface area (Å²) in [7, 11) is 0. The summed E-state index contributed by atoms with van der Waals surface area (Å²) in [5.41, 5.74) is 3.49. The lowest BCUT2D eigenvalue weighted by Crippen LogP contribution is -2.21. The zero-order valence-corrected chi connectivity index (χ0v) is 14.2. The summed E-state index contributed by atoms with van der Waals surface area (Å²) >= 11 is 0. The van der Waals surface area contributed by atoms with Crippen LogP contribution >= 0.6 is 0 Å². The number of anilines is 1. The lowest BCUT2D eigenvalue weighted by atomic mass is 10.0. The van der Waals surface area contributed by atoms with Gasteiger partial charge in [-0.25, -0.2) is 0 Å². The minimum atomic E-state index is -0.243. The van der Waals surface area contributed by atoms with Gasteiger partial charge in [-0.15, -0.1) is 0 Å². The van der Waals surface area contributed by atoms with Crippen molar-refractivity contribution < 1.29 is 9.53 Å². The maximum Gasteiger partial charge on any atom is 0.262 e. The fourth-order valence-electron chi connectivity index (χ4n) is 2.60. The third kappa shape index (κ3) is 4.71. The molecule has 3 rings (SSSR count). The minimum absolute atomic E-state index is 0.117. The van der Waals surface area contributed by atoms with Crippen molar-refractivity contribution in [2.45, 2.75) is 6.42 Å². The van der Waals surface area contributed by atoms with Crippen molar-refractivity contribution in [3.05, 3.63) is 95.6 Å². The Hall–Kier alpha value is -3.58. The van der Waals surface area contributed by atoms with Crippen LogP contribution in [0.3, 0.4) is 0 Å². The number of ether oxygens (including phenoxy) is 1. The highest BCUT2D eigenvalue weighted by Gasteiger charge is 2.08. The van der Waals surface area contributed by atoms with Crippen molar-refractivity contribution >= 4 is 11.6 Å². The fourth-order valence-corrected chi connectivity index (χ4v) is 2.60. The molecule has 0 radical (unpaired) electrons. The Morgan fingerprint density at radius 1 is 0.962 bits per heavy atom. The number of hydrogen-bond donors (Lipinski definition) is 1. The molecule has 0 saturated heterocycles. The van der Waals surface area contributed by atoms with E-state index in [1.807, 2.05) is 48.5 Å². The highest BCUT2D eigenvalue weighted by Crippen LogP contribution is 2.19. The van der Waals surface area contributed by atoms with Gasteiger partial charge in [-0.05, 0) is 41.8 Å². The van der Waals surface area contributed by atoms with E-state index in [1.54, 1.807) is 24.3 Å². The summed E-state index contributed by atoms with van der Waals surface area (Å²) in [6, 6.07) is 26.6. The predicted molar refractivity (Wildman–Crippen MR) is 101 cm³/mol. The smallest absolute Gasteiger partial charge is 0.262 e. The average molecular weight is 342 g/mol. The maximum absolute atomic E-state index is 12.2. The van der Waals surface area contributed by atoms with E-state index in [2.05, 4.69) is 17.4 Å². The van der Waals surface area contributed by atoms with Crippen LogP contribution in [-0.4, -0.2) is 12.5 Å². The Morgan fingerprint density at radius 3 is 2.54 bits per heavy atom. The van der Waals surface area contributed by atoms with Gasteiger partial charge in [-0.3, -0.25) is 4.79 Å². The van der Waals surface area contributed by atoms with Gasteiger partial charge < -0.3 is 10.1 Å². The Balaban J connectivity index is 1.63. The van der Waals surface area contributed by atoms with Gasteiger partial charge in [-0.2, -0.15) is 5.26 Å². The van der Waals surface area contributed by atoms with Crippen molar-refractivity contribution in [3.63, 3.8) is 0 Å². The number of hydrogen-bond acceptors (Lipinski definition) is 3. The monoisotopic (exact) mass is 342 g/mol. The van der Waals surface area contributed by atoms with Crippen molar-refractivity contribution in [3.8, 4) is 11.8 Å². The molecule has 1 N–H and O–H groups in total. The van der Waals surface area contributed by atoms with Gasteiger partial charge in [0.25, 0.3) is 5.91 Å². The summed E-state index contributed by atoms with van der Waals surface area (Å²) in [6.07, 6.45) is 0.738. The zero-order valence-electron chi connectivity index (χ0n) is 14.2. The van der Waals surface area contributed by atoms with Crippen LogP contribution in [0.5, 0.6) is 5.75 Å². The molecule has 3 aromatic carbocycles. The standard InChI is InChI=1S/C22H18N2O2/c23-15-18-9-6-11-20(14-18)26-16-22(25)24-21-12-5-4-10-19(21)13-17-7-2-1-3-8-17/h1-12,14H,13,16H2,(H,24,25). The Bertz CT molecular complexity index is 930. The number of rotatable bonds is 6. The molecule has 1 amide bonds. The third-order valence-electron chi connectivity index (χ3n) is 3.86. The number of nitrogens with zero attached hydrogens (tertiary/aromatic N) is 1. The normalized spacial score (nSPS) is 9.96. The summed E-state index contributed by atoms with van der Waals surface area (Å²) in [5, 5.41) is 11.8. The van der Waals surface area contributed by atoms with E-state index < -0.39 is 0 Å². The van der Waals surface area contributed by atoms with Gasteiger partial charge in [0.2, 0.25) is 0 Å². The van der Waals surface area contributed by atoms with Gasteiger partial charge in [0, 0.05) is 5.69 Å². The quantitative estimate of drug-likeness (QED) is 0.731. The number of nitriles is 1. The summed E-state index contributed by atoms with van der Waals surface area (Å²) in [4.78, 5) is 12.2. The van der Waals surface area contributed by atoms with E-state index in [9.17, 15) is 4.79 Å². The van der Waals surface area contributed by atoms with Gasteiger partial charge >= 0.3 is 0 Å². The molecule has 0 aliphatic carbocycles. The average Bonchev–Trinajstić information content (AvgIpc) is 2.69. The zero-order chi connectivity index (χ0) is 18.2. The van der Waals surface area contributed by atoms with E-state index in [0.29, 0.717) is 11.3 Å². The van der Waals surface area contributed by atoms with Crippen molar-refractivity contribution in [2.75, 3.05) is 11.9 Å². The molecule has 0 spiro atoms. The molecule has 4 nitrogen and oxygen atoms in total. The molecule has 4 heteroatoms. The van der Waals surface area contributed by atoms with Crippen LogP contribution in [-0.2, 0) is 11.2 Å². The molecular formula is C22H18N2O2. The van der Waals surface area contributed by atoms with E-state index in [0.717, 1.165) is 17.7 Å². The van der Waals surface area contributed by atoms with Crippen LogP contribution in [0, 0.1) is 11.3 Å². The first kappa shape index (κ1) is 17.2. The van der Waals surface area contributed by atoms with Crippen LogP contribution in [0.1, 0.15) is 16.7 Å². The summed E-state index contributed by atoms with van der Waals surface area (Å²) in [5.74, 6) is 0.254. The molecule has 0 aromatic heterocycles. The molecule has 0 fully saturated rings. The van der Waals surface area contributed by atoms with Gasteiger partial charge in [-0.1, -0.05) is 54.6 Å². The molecule has 0 saturated carbocycles. The summed E-state index contributed by atoms with van der Waals surface area (Å²) < 4.78 is 5.48. The second-order valence-corrected chi connectivity index (χ2v) is 5.80. The van der Waals surface area contributed by atoms with Crippen LogP contribution in [0.4, 0.5) is 5.69 Å². The van der Waals surface area contributed by atoms with E-state index >= 15 is 0 Å². The fraction of sp³-hybridized carbons (Fsp3) is 0.0909. The number of amides is 1. The number of benzene rings is 3. The molecule has 0 bridgehead atoms. The molecule has 0 heterocycles. The SMILES string of the molecule is N#Cc1cccc(OCC(=O)Nc2ccccc2Cc2ccccc2)c1. The molecule has 0 atom stereocenters. The largest absolute Gasteiger partial charge is 0.484 e. The minimum Gasteiger partial charge on any atom is -0.484 e. The highest BCUT2D eigenvalue weighted by atomic mass is 16.5. The van der Waals surface area contributed by atoms with Gasteiger partial charge in [0.1, 0.15) is 5.75 Å². The van der Waals surface area contributed by atoms with Gasteiger partial charge in [0.15, 0.2) is 6.61 Å². The summed E-state index contributed by atoms with van der Waals surface area (Å²) in [6.45, 7) is -0.117. The second kappa shape index (κ2) is 8.50. The first-order valence-electron chi connectivity index (χ1n) is 8.29. The van der Waals surface area contributed by atoms with Crippen LogP contribution in [0.2, 0.25) is 0 Å². The van der Waals surface area contributed by atoms with Crippen molar-refractivity contribution in [1.29, 1.82) is 5.26 Å². The predicted octanol–water partition coefficient (Wildman–Crippen LogP) is 4.17. The molecular weight excluding hydrogens is 324 g/mol. The van der Waals surface area contributed by atoms with Crippen LogP contribution in [0.15, 0.2) is 78.9 Å². The van der Waals surface area contributed by atoms with E-state index in [-0.39, 0.29) is 12.5 Å².